The van der Waals surface area contributed by atoms with Gasteiger partial charge in [0, 0.05) is 31.0 Å². The number of rotatable bonds is 5. The van der Waals surface area contributed by atoms with E-state index in [1.54, 1.807) is 27.8 Å². The van der Waals surface area contributed by atoms with E-state index in [2.05, 4.69) is 5.10 Å². The quantitative estimate of drug-likeness (QED) is 0.835. The lowest BCUT2D eigenvalue weighted by molar-refractivity contribution is -0.137. The van der Waals surface area contributed by atoms with E-state index in [-0.39, 0.29) is 29.6 Å². The zero-order valence-electron chi connectivity index (χ0n) is 13.9. The van der Waals surface area contributed by atoms with Gasteiger partial charge in [0.1, 0.15) is 5.82 Å². The van der Waals surface area contributed by atoms with Crippen molar-refractivity contribution in [1.29, 1.82) is 0 Å². The van der Waals surface area contributed by atoms with Gasteiger partial charge < -0.3 is 4.90 Å². The number of aromatic nitrogens is 2. The number of halogens is 1. The highest BCUT2D eigenvalue weighted by Crippen LogP contribution is 2.38. The first kappa shape index (κ1) is 16.0. The molecule has 1 aliphatic carbocycles. The molecule has 1 amide bonds. The number of benzene rings is 1. The lowest BCUT2D eigenvalue weighted by Gasteiger charge is -2.39. The topological polar surface area (TPSA) is 55.2 Å². The van der Waals surface area contributed by atoms with Crippen LogP contribution in [0.3, 0.4) is 0 Å². The smallest absolute Gasteiger partial charge is 0.266 e. The molecule has 2 fully saturated rings. The molecular formula is C19H20FN3O2. The van der Waals surface area contributed by atoms with Crippen LogP contribution >= 0.6 is 0 Å². The molecule has 2 heterocycles. The Kier molecular flexibility index (Phi) is 4.11. The van der Waals surface area contributed by atoms with Gasteiger partial charge in [-0.15, -0.1) is 0 Å². The highest BCUT2D eigenvalue weighted by molar-refractivity contribution is 5.79. The third kappa shape index (κ3) is 3.62. The monoisotopic (exact) mass is 341 g/mol. The maximum atomic E-state index is 12.9. The summed E-state index contributed by atoms with van der Waals surface area (Å²) in [6.45, 7) is 1.84. The Hall–Kier alpha value is -2.50. The zero-order chi connectivity index (χ0) is 17.4. The number of likely N-dealkylation sites (tertiary alicyclic amines) is 1. The molecule has 2 aliphatic rings. The van der Waals surface area contributed by atoms with Crippen LogP contribution in [0.2, 0.25) is 0 Å². The molecule has 1 saturated carbocycles. The highest BCUT2D eigenvalue weighted by Gasteiger charge is 2.31. The molecule has 6 heteroatoms. The molecule has 1 saturated heterocycles. The van der Waals surface area contributed by atoms with Gasteiger partial charge in [-0.2, -0.15) is 5.10 Å². The van der Waals surface area contributed by atoms with Crippen molar-refractivity contribution in [3.05, 3.63) is 63.8 Å². The zero-order valence-corrected chi connectivity index (χ0v) is 13.9. The van der Waals surface area contributed by atoms with E-state index < -0.39 is 0 Å². The lowest BCUT2D eigenvalue weighted by atomic mass is 9.99. The first-order chi connectivity index (χ1) is 12.1. The average Bonchev–Trinajstić information content (AvgIpc) is 3.39. The predicted octanol–water partition coefficient (Wildman–Crippen LogP) is 1.96. The van der Waals surface area contributed by atoms with Crippen molar-refractivity contribution >= 4 is 5.91 Å². The molecule has 0 bridgehead atoms. The van der Waals surface area contributed by atoms with E-state index in [1.807, 2.05) is 6.07 Å². The molecule has 1 aliphatic heterocycles. The van der Waals surface area contributed by atoms with Crippen LogP contribution in [0, 0.1) is 11.7 Å². The SMILES string of the molecule is O=C(Cc1ccc(F)cc1)N1CC(Cn2nc(C3CC3)ccc2=O)C1. The maximum Gasteiger partial charge on any atom is 0.266 e. The van der Waals surface area contributed by atoms with Crippen LogP contribution in [0.5, 0.6) is 0 Å². The van der Waals surface area contributed by atoms with Crippen molar-refractivity contribution < 1.29 is 9.18 Å². The minimum atomic E-state index is -0.299. The summed E-state index contributed by atoms with van der Waals surface area (Å²) in [5.74, 6) is 0.514. The molecule has 25 heavy (non-hydrogen) atoms. The second kappa shape index (κ2) is 6.43. The minimum Gasteiger partial charge on any atom is -0.342 e. The second-order valence-electron chi connectivity index (χ2n) is 7.02. The number of carbonyl (C=O) groups is 1. The molecule has 0 unspecified atom stereocenters. The van der Waals surface area contributed by atoms with Crippen LogP contribution < -0.4 is 5.56 Å². The van der Waals surface area contributed by atoms with Crippen molar-refractivity contribution in [2.24, 2.45) is 5.92 Å². The van der Waals surface area contributed by atoms with Crippen LogP contribution in [-0.4, -0.2) is 33.7 Å². The van der Waals surface area contributed by atoms with Crippen LogP contribution in [0.15, 0.2) is 41.2 Å². The van der Waals surface area contributed by atoms with E-state index in [4.69, 9.17) is 0 Å². The largest absolute Gasteiger partial charge is 0.342 e. The van der Waals surface area contributed by atoms with Crippen molar-refractivity contribution in [1.82, 2.24) is 14.7 Å². The van der Waals surface area contributed by atoms with Gasteiger partial charge in [0.05, 0.1) is 18.7 Å². The molecular weight excluding hydrogens is 321 g/mol. The van der Waals surface area contributed by atoms with Crippen LogP contribution in [0.25, 0.3) is 0 Å². The Labute approximate surface area is 145 Å². The minimum absolute atomic E-state index is 0.0369. The summed E-state index contributed by atoms with van der Waals surface area (Å²) in [4.78, 5) is 26.0. The molecule has 0 N–H and O–H groups in total. The standard InChI is InChI=1S/C19H20FN3O2/c20-16-5-1-13(2-6-16)9-19(25)22-10-14(11-22)12-23-18(24)8-7-17(21-23)15-3-4-15/h1-2,5-8,14-15H,3-4,9-12H2. The Balaban J connectivity index is 1.31. The number of hydrogen-bond acceptors (Lipinski definition) is 3. The predicted molar refractivity (Wildman–Crippen MR) is 90.6 cm³/mol. The molecule has 1 aromatic heterocycles. The van der Waals surface area contributed by atoms with E-state index in [1.165, 1.54) is 12.1 Å². The first-order valence-corrected chi connectivity index (χ1v) is 8.69. The number of carbonyl (C=O) groups excluding carboxylic acids is 1. The summed E-state index contributed by atoms with van der Waals surface area (Å²) < 4.78 is 14.4. The number of nitrogens with zero attached hydrogens (tertiary/aromatic N) is 3. The normalized spacial score (nSPS) is 17.4. The highest BCUT2D eigenvalue weighted by atomic mass is 19.1. The van der Waals surface area contributed by atoms with Gasteiger partial charge in [-0.25, -0.2) is 9.07 Å². The third-order valence-electron chi connectivity index (χ3n) is 4.89. The number of amides is 1. The molecule has 4 rings (SSSR count). The van der Waals surface area contributed by atoms with Gasteiger partial charge in [0.15, 0.2) is 0 Å². The molecule has 130 valence electrons. The van der Waals surface area contributed by atoms with Gasteiger partial charge in [-0.05, 0) is 36.6 Å². The fraction of sp³-hybridized carbons (Fsp3) is 0.421. The van der Waals surface area contributed by atoms with Gasteiger partial charge >= 0.3 is 0 Å². The molecule has 0 atom stereocenters. The fourth-order valence-corrected chi connectivity index (χ4v) is 3.21. The third-order valence-corrected chi connectivity index (χ3v) is 4.89. The Morgan fingerprint density at radius 1 is 1.12 bits per heavy atom. The second-order valence-corrected chi connectivity index (χ2v) is 7.02. The summed E-state index contributed by atoms with van der Waals surface area (Å²) >= 11 is 0. The molecule has 0 spiro atoms. The molecule has 1 aromatic carbocycles. The molecule has 0 radical (unpaired) electrons. The van der Waals surface area contributed by atoms with Crippen molar-refractivity contribution in [2.75, 3.05) is 13.1 Å². The summed E-state index contributed by atoms with van der Waals surface area (Å²) in [5, 5.41) is 4.47. The summed E-state index contributed by atoms with van der Waals surface area (Å²) in [6.07, 6.45) is 2.59. The molecule has 5 nitrogen and oxygen atoms in total. The Morgan fingerprint density at radius 3 is 2.52 bits per heavy atom. The summed E-state index contributed by atoms with van der Waals surface area (Å²) in [6, 6.07) is 9.43. The first-order valence-electron chi connectivity index (χ1n) is 8.69. The van der Waals surface area contributed by atoms with Crippen molar-refractivity contribution in [3.8, 4) is 0 Å². The van der Waals surface area contributed by atoms with Gasteiger partial charge in [-0.3, -0.25) is 9.59 Å². The van der Waals surface area contributed by atoms with Gasteiger partial charge in [0.2, 0.25) is 5.91 Å². The van der Waals surface area contributed by atoms with Crippen LogP contribution in [0.4, 0.5) is 4.39 Å². The molecule has 2 aromatic rings. The fourth-order valence-electron chi connectivity index (χ4n) is 3.21. The van der Waals surface area contributed by atoms with Gasteiger partial charge in [0.25, 0.3) is 5.56 Å². The van der Waals surface area contributed by atoms with Gasteiger partial charge in [-0.1, -0.05) is 12.1 Å². The van der Waals surface area contributed by atoms with Crippen molar-refractivity contribution in [3.63, 3.8) is 0 Å². The van der Waals surface area contributed by atoms with Crippen molar-refractivity contribution in [2.45, 2.75) is 31.7 Å². The van der Waals surface area contributed by atoms with E-state index in [9.17, 15) is 14.0 Å². The number of hydrogen-bond donors (Lipinski definition) is 0. The van der Waals surface area contributed by atoms with E-state index in [0.29, 0.717) is 25.6 Å². The summed E-state index contributed by atoms with van der Waals surface area (Å²) in [5.41, 5.74) is 1.73. The maximum absolute atomic E-state index is 12.9. The Bertz CT molecular complexity index is 836. The summed E-state index contributed by atoms with van der Waals surface area (Å²) in [7, 11) is 0. The van der Waals surface area contributed by atoms with E-state index in [0.717, 1.165) is 24.1 Å². The Morgan fingerprint density at radius 2 is 1.84 bits per heavy atom. The van der Waals surface area contributed by atoms with E-state index >= 15 is 0 Å². The lowest BCUT2D eigenvalue weighted by Crippen LogP contribution is -2.52. The van der Waals surface area contributed by atoms with Crippen LogP contribution in [-0.2, 0) is 17.8 Å². The van der Waals surface area contributed by atoms with Crippen LogP contribution in [0.1, 0.15) is 30.0 Å². The average molecular weight is 341 g/mol.